The van der Waals surface area contributed by atoms with Crippen molar-refractivity contribution in [1.29, 1.82) is 0 Å². The summed E-state index contributed by atoms with van der Waals surface area (Å²) in [6, 6.07) is 12.3. The smallest absolute Gasteiger partial charge is 0.383 e. The molecule has 0 spiro atoms. The zero-order valence-electron chi connectivity index (χ0n) is 12.8. The highest BCUT2D eigenvalue weighted by molar-refractivity contribution is 7.14. The molecule has 3 aromatic rings. The first-order valence-corrected chi connectivity index (χ1v) is 8.08. The van der Waals surface area contributed by atoms with Gasteiger partial charge in [-0.3, -0.25) is 5.43 Å². The Labute approximate surface area is 145 Å². The van der Waals surface area contributed by atoms with E-state index in [2.05, 4.69) is 15.5 Å². The summed E-state index contributed by atoms with van der Waals surface area (Å²) in [7, 11) is 0. The van der Waals surface area contributed by atoms with Crippen LogP contribution in [0.2, 0.25) is 0 Å². The summed E-state index contributed by atoms with van der Waals surface area (Å²) in [5.74, 6) is 0.410. The summed E-state index contributed by atoms with van der Waals surface area (Å²) in [5, 5.41) is 6.35. The number of anilines is 2. The third-order valence-corrected chi connectivity index (χ3v) is 4.13. The number of thiazole rings is 1. The maximum Gasteiger partial charge on any atom is 0.416 e. The molecule has 0 unspecified atom stereocenters. The normalized spacial score (nSPS) is 11.8. The quantitative estimate of drug-likeness (QED) is 0.515. The molecule has 8 heteroatoms. The van der Waals surface area contributed by atoms with Crippen LogP contribution in [0.1, 0.15) is 11.1 Å². The van der Waals surface area contributed by atoms with Gasteiger partial charge in [0, 0.05) is 10.9 Å². The van der Waals surface area contributed by atoms with Gasteiger partial charge in [0.05, 0.1) is 11.8 Å². The van der Waals surface area contributed by atoms with Crippen LogP contribution in [0.25, 0.3) is 11.1 Å². The molecule has 128 valence electrons. The van der Waals surface area contributed by atoms with Gasteiger partial charge in [0.2, 0.25) is 5.13 Å². The molecular formula is C17H13F3N4S. The molecule has 0 saturated heterocycles. The molecule has 0 bridgehead atoms. The van der Waals surface area contributed by atoms with Crippen molar-refractivity contribution in [3.05, 3.63) is 65.0 Å². The Bertz CT molecular complexity index is 885. The fourth-order valence-corrected chi connectivity index (χ4v) is 2.75. The van der Waals surface area contributed by atoms with Gasteiger partial charge in [0.25, 0.3) is 0 Å². The Morgan fingerprint density at radius 3 is 2.44 bits per heavy atom. The second kappa shape index (κ2) is 6.94. The Morgan fingerprint density at radius 1 is 1.08 bits per heavy atom. The van der Waals surface area contributed by atoms with E-state index < -0.39 is 11.7 Å². The minimum absolute atomic E-state index is 0.410. The zero-order chi connectivity index (χ0) is 17.9. The van der Waals surface area contributed by atoms with Gasteiger partial charge in [-0.15, -0.1) is 11.3 Å². The van der Waals surface area contributed by atoms with E-state index in [0.717, 1.165) is 23.3 Å². The zero-order valence-corrected chi connectivity index (χ0v) is 13.6. The van der Waals surface area contributed by atoms with Gasteiger partial charge in [-0.1, -0.05) is 36.4 Å². The van der Waals surface area contributed by atoms with Crippen LogP contribution in [0, 0.1) is 0 Å². The number of hydrazone groups is 1. The van der Waals surface area contributed by atoms with Crippen LogP contribution in [-0.2, 0) is 6.18 Å². The topological polar surface area (TPSA) is 63.3 Å². The fraction of sp³-hybridized carbons (Fsp3) is 0.0588. The van der Waals surface area contributed by atoms with E-state index in [1.807, 2.05) is 24.3 Å². The largest absolute Gasteiger partial charge is 0.416 e. The Balaban J connectivity index is 1.83. The number of nitrogens with two attached hydrogens (primary N) is 1. The van der Waals surface area contributed by atoms with E-state index >= 15 is 0 Å². The molecule has 0 aliphatic carbocycles. The van der Waals surface area contributed by atoms with Crippen LogP contribution in [0.15, 0.2) is 59.0 Å². The molecular weight excluding hydrogens is 349 g/mol. The third kappa shape index (κ3) is 4.16. The molecule has 1 heterocycles. The Kier molecular flexibility index (Phi) is 4.71. The molecule has 2 aromatic carbocycles. The lowest BCUT2D eigenvalue weighted by molar-refractivity contribution is -0.137. The second-order valence-corrected chi connectivity index (χ2v) is 5.97. The standard InChI is InChI=1S/C17H13F3N4S/c18-17(19,20)13-7-5-11(6-8-13)14-4-2-1-3-12(14)9-22-24-16-23-15(21)10-25-16/h1-10H,21H2,(H,23,24). The average molecular weight is 362 g/mol. The van der Waals surface area contributed by atoms with Gasteiger partial charge in [0.15, 0.2) is 0 Å². The van der Waals surface area contributed by atoms with E-state index in [0.29, 0.717) is 16.5 Å². The van der Waals surface area contributed by atoms with Crippen molar-refractivity contribution >= 4 is 28.5 Å². The van der Waals surface area contributed by atoms with E-state index in [1.165, 1.54) is 23.5 Å². The minimum atomic E-state index is -4.35. The molecule has 25 heavy (non-hydrogen) atoms. The van der Waals surface area contributed by atoms with Gasteiger partial charge in [0.1, 0.15) is 5.82 Å². The Hall–Kier alpha value is -2.87. The lowest BCUT2D eigenvalue weighted by Gasteiger charge is -2.09. The summed E-state index contributed by atoms with van der Waals surface area (Å²) >= 11 is 1.32. The van der Waals surface area contributed by atoms with Crippen LogP contribution in [0.4, 0.5) is 24.1 Å². The van der Waals surface area contributed by atoms with E-state index in [1.54, 1.807) is 11.6 Å². The van der Waals surface area contributed by atoms with Crippen molar-refractivity contribution in [3.8, 4) is 11.1 Å². The van der Waals surface area contributed by atoms with Gasteiger partial charge in [-0.25, -0.2) is 4.98 Å². The highest BCUT2D eigenvalue weighted by atomic mass is 32.1. The molecule has 3 rings (SSSR count). The van der Waals surface area contributed by atoms with E-state index in [-0.39, 0.29) is 0 Å². The average Bonchev–Trinajstić information content (AvgIpc) is 3.00. The molecule has 0 amide bonds. The Morgan fingerprint density at radius 2 is 1.80 bits per heavy atom. The number of nitrogens with zero attached hydrogens (tertiary/aromatic N) is 2. The molecule has 0 saturated carbocycles. The molecule has 0 aliphatic heterocycles. The number of hydrogen-bond acceptors (Lipinski definition) is 5. The van der Waals surface area contributed by atoms with E-state index in [9.17, 15) is 13.2 Å². The maximum absolute atomic E-state index is 12.7. The lowest BCUT2D eigenvalue weighted by Crippen LogP contribution is -2.04. The minimum Gasteiger partial charge on any atom is -0.383 e. The lowest BCUT2D eigenvalue weighted by atomic mass is 9.99. The van der Waals surface area contributed by atoms with Crippen molar-refractivity contribution in [2.24, 2.45) is 5.10 Å². The van der Waals surface area contributed by atoms with Crippen LogP contribution in [0.5, 0.6) is 0 Å². The summed E-state index contributed by atoms with van der Waals surface area (Å²) in [5.41, 5.74) is 9.84. The first kappa shape index (κ1) is 17.0. The van der Waals surface area contributed by atoms with Crippen molar-refractivity contribution in [2.75, 3.05) is 11.2 Å². The van der Waals surface area contributed by atoms with Crippen LogP contribution < -0.4 is 11.2 Å². The van der Waals surface area contributed by atoms with Gasteiger partial charge in [-0.2, -0.15) is 18.3 Å². The molecule has 0 radical (unpaired) electrons. The molecule has 0 fully saturated rings. The fourth-order valence-electron chi connectivity index (χ4n) is 2.21. The van der Waals surface area contributed by atoms with Crippen molar-refractivity contribution in [3.63, 3.8) is 0 Å². The maximum atomic E-state index is 12.7. The number of nitrogens with one attached hydrogen (secondary N) is 1. The first-order valence-electron chi connectivity index (χ1n) is 7.20. The molecule has 4 nitrogen and oxygen atoms in total. The van der Waals surface area contributed by atoms with Crippen LogP contribution >= 0.6 is 11.3 Å². The van der Waals surface area contributed by atoms with Crippen molar-refractivity contribution in [2.45, 2.75) is 6.18 Å². The highest BCUT2D eigenvalue weighted by Crippen LogP contribution is 2.31. The SMILES string of the molecule is Nc1csc(NN=Cc2ccccc2-c2ccc(C(F)(F)F)cc2)n1. The molecule has 3 N–H and O–H groups in total. The van der Waals surface area contributed by atoms with Crippen molar-refractivity contribution in [1.82, 2.24) is 4.98 Å². The number of rotatable bonds is 4. The highest BCUT2D eigenvalue weighted by Gasteiger charge is 2.29. The van der Waals surface area contributed by atoms with Gasteiger partial charge < -0.3 is 5.73 Å². The predicted octanol–water partition coefficient (Wildman–Crippen LogP) is 4.86. The summed E-state index contributed by atoms with van der Waals surface area (Å²) in [6.07, 6.45) is -2.76. The second-order valence-electron chi connectivity index (χ2n) is 5.11. The number of alkyl halides is 3. The van der Waals surface area contributed by atoms with Crippen molar-refractivity contribution < 1.29 is 13.2 Å². The third-order valence-electron chi connectivity index (χ3n) is 3.37. The summed E-state index contributed by atoms with van der Waals surface area (Å²) < 4.78 is 38.1. The summed E-state index contributed by atoms with van der Waals surface area (Å²) in [6.45, 7) is 0. The first-order chi connectivity index (χ1) is 11.9. The number of halogens is 3. The van der Waals surface area contributed by atoms with Crippen LogP contribution in [0.3, 0.4) is 0 Å². The summed E-state index contributed by atoms with van der Waals surface area (Å²) in [4.78, 5) is 4.02. The molecule has 0 aliphatic rings. The molecule has 0 atom stereocenters. The van der Waals surface area contributed by atoms with E-state index in [4.69, 9.17) is 5.73 Å². The number of aromatic nitrogens is 1. The van der Waals surface area contributed by atoms with Gasteiger partial charge in [-0.05, 0) is 23.3 Å². The van der Waals surface area contributed by atoms with Gasteiger partial charge >= 0.3 is 6.18 Å². The number of nitrogen functional groups attached to an aromatic ring is 1. The monoisotopic (exact) mass is 362 g/mol. The van der Waals surface area contributed by atoms with Crippen LogP contribution in [-0.4, -0.2) is 11.2 Å². The number of hydrogen-bond donors (Lipinski definition) is 2. The molecule has 1 aromatic heterocycles. The number of benzene rings is 2. The predicted molar refractivity (Wildman–Crippen MR) is 94.6 cm³/mol.